The van der Waals surface area contributed by atoms with E-state index in [0.717, 1.165) is 78.3 Å². The minimum Gasteiger partial charge on any atom is -0.310 e. The summed E-state index contributed by atoms with van der Waals surface area (Å²) in [7, 11) is 0. The summed E-state index contributed by atoms with van der Waals surface area (Å²) in [5, 5.41) is 23.7. The molecule has 302 valence electrons. The van der Waals surface area contributed by atoms with Gasteiger partial charge in [0.2, 0.25) is 0 Å². The molecular weight excluding hydrogens is 781 g/mol. The van der Waals surface area contributed by atoms with Crippen molar-refractivity contribution in [2.24, 2.45) is 0 Å². The standard InChI is InChI=1S/C58H40N6/c1-39-14-22-43(23-15-39)61(45-26-18-41(37-59)19-27-45)49-30-32-57-53(35-49)51-10-3-5-12-55(51)63(57)47-8-7-9-48(34-47)64-56-13-6-4-11-52(56)54-36-50(31-33-58(54)64)62(44-24-16-40(2)17-25-44)46-28-20-42(38-60)21-29-46/h3-36H,1-2H3. The van der Waals surface area contributed by atoms with Gasteiger partial charge in [0.1, 0.15) is 0 Å². The van der Waals surface area contributed by atoms with Crippen LogP contribution in [-0.2, 0) is 0 Å². The average molecular weight is 821 g/mol. The number of benzene rings is 9. The summed E-state index contributed by atoms with van der Waals surface area (Å²) in [6.07, 6.45) is 0. The number of rotatable bonds is 8. The lowest BCUT2D eigenvalue weighted by molar-refractivity contribution is 1.13. The lowest BCUT2D eigenvalue weighted by atomic mass is 10.1. The van der Waals surface area contributed by atoms with Crippen molar-refractivity contribution in [1.82, 2.24) is 9.13 Å². The van der Waals surface area contributed by atoms with Gasteiger partial charge in [-0.2, -0.15) is 10.5 Å². The molecule has 0 spiro atoms. The van der Waals surface area contributed by atoms with E-state index in [4.69, 9.17) is 0 Å². The predicted octanol–water partition coefficient (Wildman–Crippen LogP) is 15.2. The van der Waals surface area contributed by atoms with Crippen LogP contribution in [0.25, 0.3) is 55.0 Å². The number of nitriles is 2. The minimum absolute atomic E-state index is 0.628. The first kappa shape index (κ1) is 38.1. The Balaban J connectivity index is 1.05. The second-order valence-electron chi connectivity index (χ2n) is 16.3. The Morgan fingerprint density at radius 3 is 1.06 bits per heavy atom. The molecule has 0 radical (unpaired) electrons. The molecule has 0 aliphatic carbocycles. The van der Waals surface area contributed by atoms with Crippen molar-refractivity contribution in [3.05, 3.63) is 229 Å². The first-order valence-corrected chi connectivity index (χ1v) is 21.4. The zero-order chi connectivity index (χ0) is 43.3. The maximum Gasteiger partial charge on any atom is 0.0991 e. The van der Waals surface area contributed by atoms with E-state index in [2.05, 4.69) is 203 Å². The molecular formula is C58H40N6. The van der Waals surface area contributed by atoms with E-state index in [9.17, 15) is 10.5 Å². The van der Waals surface area contributed by atoms with Gasteiger partial charge in [0.05, 0.1) is 45.3 Å². The van der Waals surface area contributed by atoms with Crippen LogP contribution in [0, 0.1) is 36.5 Å². The summed E-state index contributed by atoms with van der Waals surface area (Å²) in [4.78, 5) is 4.51. The molecule has 0 saturated heterocycles. The van der Waals surface area contributed by atoms with Gasteiger partial charge in [-0.3, -0.25) is 0 Å². The Kier molecular flexibility index (Phi) is 9.27. The van der Waals surface area contributed by atoms with E-state index in [1.54, 1.807) is 0 Å². The Bertz CT molecular complexity index is 3400. The van der Waals surface area contributed by atoms with Crippen LogP contribution in [0.2, 0.25) is 0 Å². The monoisotopic (exact) mass is 820 g/mol. The molecule has 0 aliphatic heterocycles. The Morgan fingerprint density at radius 2 is 0.672 bits per heavy atom. The van der Waals surface area contributed by atoms with Gasteiger partial charge in [0, 0.05) is 67.0 Å². The molecule has 11 rings (SSSR count). The fraction of sp³-hybridized carbons (Fsp3) is 0.0345. The van der Waals surface area contributed by atoms with Crippen LogP contribution in [0.5, 0.6) is 0 Å². The van der Waals surface area contributed by atoms with Crippen molar-refractivity contribution in [3.8, 4) is 23.5 Å². The van der Waals surface area contributed by atoms with E-state index in [1.807, 2.05) is 48.5 Å². The molecule has 11 aromatic rings. The largest absolute Gasteiger partial charge is 0.310 e. The second-order valence-corrected chi connectivity index (χ2v) is 16.3. The molecule has 64 heavy (non-hydrogen) atoms. The number of aromatic nitrogens is 2. The van der Waals surface area contributed by atoms with Gasteiger partial charge in [-0.1, -0.05) is 77.9 Å². The van der Waals surface area contributed by atoms with Gasteiger partial charge >= 0.3 is 0 Å². The fourth-order valence-electron chi connectivity index (χ4n) is 9.18. The Hall–Kier alpha value is -8.84. The lowest BCUT2D eigenvalue weighted by Gasteiger charge is -2.26. The third-order valence-electron chi connectivity index (χ3n) is 12.3. The maximum atomic E-state index is 9.55. The zero-order valence-corrected chi connectivity index (χ0v) is 35.3. The molecule has 6 heteroatoms. The number of fused-ring (bicyclic) bond motifs is 6. The topological polar surface area (TPSA) is 63.9 Å². The predicted molar refractivity (Wildman–Crippen MR) is 263 cm³/mol. The van der Waals surface area contributed by atoms with Crippen molar-refractivity contribution in [2.45, 2.75) is 13.8 Å². The highest BCUT2D eigenvalue weighted by Gasteiger charge is 2.20. The summed E-state index contributed by atoms with van der Waals surface area (Å²) in [6.45, 7) is 4.20. The number of para-hydroxylation sites is 2. The number of aryl methyl sites for hydroxylation is 2. The molecule has 0 amide bonds. The van der Waals surface area contributed by atoms with Crippen LogP contribution < -0.4 is 9.80 Å². The van der Waals surface area contributed by atoms with Crippen molar-refractivity contribution in [3.63, 3.8) is 0 Å². The molecule has 0 N–H and O–H groups in total. The number of hydrogen-bond donors (Lipinski definition) is 0. The molecule has 0 aliphatic rings. The summed E-state index contributed by atoms with van der Waals surface area (Å²) < 4.78 is 4.75. The molecule has 9 aromatic carbocycles. The van der Waals surface area contributed by atoms with Crippen LogP contribution in [0.15, 0.2) is 206 Å². The fourth-order valence-corrected chi connectivity index (χ4v) is 9.18. The Morgan fingerprint density at radius 1 is 0.328 bits per heavy atom. The second kappa shape index (κ2) is 15.6. The third kappa shape index (κ3) is 6.50. The number of hydrogen-bond acceptors (Lipinski definition) is 4. The van der Waals surface area contributed by atoms with Crippen molar-refractivity contribution in [1.29, 1.82) is 10.5 Å². The average Bonchev–Trinajstić information content (AvgIpc) is 3.86. The molecule has 6 nitrogen and oxygen atoms in total. The molecule has 0 unspecified atom stereocenters. The number of nitrogens with zero attached hydrogens (tertiary/aromatic N) is 6. The van der Waals surface area contributed by atoms with E-state index < -0.39 is 0 Å². The molecule has 0 bridgehead atoms. The highest BCUT2D eigenvalue weighted by atomic mass is 15.1. The van der Waals surface area contributed by atoms with Gasteiger partial charge < -0.3 is 18.9 Å². The van der Waals surface area contributed by atoms with Gasteiger partial charge in [-0.25, -0.2) is 0 Å². The van der Waals surface area contributed by atoms with Gasteiger partial charge in [-0.15, -0.1) is 0 Å². The summed E-state index contributed by atoms with van der Waals surface area (Å²) in [6, 6.07) is 76.8. The lowest BCUT2D eigenvalue weighted by Crippen LogP contribution is -2.10. The van der Waals surface area contributed by atoms with Gasteiger partial charge in [0.15, 0.2) is 0 Å². The molecule has 0 saturated carbocycles. The highest BCUT2D eigenvalue weighted by Crippen LogP contribution is 2.42. The van der Waals surface area contributed by atoms with E-state index >= 15 is 0 Å². The van der Waals surface area contributed by atoms with E-state index in [-0.39, 0.29) is 0 Å². The SMILES string of the molecule is Cc1ccc(N(c2ccc(C#N)cc2)c2ccc3c(c2)c2ccccc2n3-c2cccc(-n3c4ccccc4c4cc(N(c5ccc(C)cc5)c5ccc(C#N)cc5)ccc43)c2)cc1. The zero-order valence-electron chi connectivity index (χ0n) is 35.3. The summed E-state index contributed by atoms with van der Waals surface area (Å²) >= 11 is 0. The molecule has 2 aromatic heterocycles. The van der Waals surface area contributed by atoms with Crippen molar-refractivity contribution < 1.29 is 0 Å². The van der Waals surface area contributed by atoms with Crippen LogP contribution in [0.1, 0.15) is 22.3 Å². The summed E-state index contributed by atoms with van der Waals surface area (Å²) in [5.41, 5.74) is 16.3. The van der Waals surface area contributed by atoms with Crippen LogP contribution in [0.4, 0.5) is 34.1 Å². The normalized spacial score (nSPS) is 11.2. The van der Waals surface area contributed by atoms with E-state index in [0.29, 0.717) is 11.1 Å². The number of anilines is 6. The Labute approximate surface area is 371 Å². The van der Waals surface area contributed by atoms with Gasteiger partial charge in [0.25, 0.3) is 0 Å². The van der Waals surface area contributed by atoms with Crippen molar-refractivity contribution in [2.75, 3.05) is 9.80 Å². The first-order valence-electron chi connectivity index (χ1n) is 21.4. The summed E-state index contributed by atoms with van der Waals surface area (Å²) in [5.74, 6) is 0. The highest BCUT2D eigenvalue weighted by molar-refractivity contribution is 6.12. The van der Waals surface area contributed by atoms with Crippen molar-refractivity contribution >= 4 is 77.7 Å². The smallest absolute Gasteiger partial charge is 0.0991 e. The minimum atomic E-state index is 0.628. The first-order chi connectivity index (χ1) is 31.4. The molecule has 0 fully saturated rings. The van der Waals surface area contributed by atoms with E-state index in [1.165, 1.54) is 21.9 Å². The molecule has 0 atom stereocenters. The van der Waals surface area contributed by atoms with Crippen LogP contribution in [-0.4, -0.2) is 9.13 Å². The maximum absolute atomic E-state index is 9.55. The van der Waals surface area contributed by atoms with Crippen LogP contribution >= 0.6 is 0 Å². The van der Waals surface area contributed by atoms with Crippen LogP contribution in [0.3, 0.4) is 0 Å². The third-order valence-corrected chi connectivity index (χ3v) is 12.3. The van der Waals surface area contributed by atoms with Gasteiger partial charge in [-0.05, 0) is 153 Å². The molecule has 2 heterocycles. The quantitative estimate of drug-likeness (QED) is 0.153.